The molecule has 0 radical (unpaired) electrons. The standard InChI is InChI=1S/C87H140N8O44/c1-51(96)88-23-18-16-22-66(84(114)115)95-83(113)64(20-14-17-24-89-71(110)48-122-35-32-116-26-29-119-38-41-125-85-74(91-52(2)97)80(134-61(11)106)77(131-58(8)103)68(137-85)45-128-55(5)100)44-67(109)65(94-73(112)50-124-37-34-118-28-31-121-40-43-127-87-76(93-54(4)99)82(136-63(13)108)79(133-60(10)105)70(139-87)47-130-57(7)102)21-15-19-25-90-72(111)49-123-36-33-117-27-30-120-39-42-126-86-75(92-53(3)98)81(135-62(12)107)78(132-59(9)104)69(138-86)46-129-56(6)101/h64-66,68-70,74-82,85-87H,14-50H2,1-13H3,(H,88,96)(H,89,110)(H,90,111)(H,91,97)(H,92,98)(H,93,99)(H,94,112)(H,95,113)(H,114,115)/t64-,65+,66+,68-,69-,70-,74-,75-,76-,77+,78+,79+,80-,81-,82-,85-,86-,87-/m1/s1. The molecule has 0 saturated carbocycles. The fraction of sp³-hybridized carbons (Fsp3) is 0.782. The highest BCUT2D eigenvalue weighted by Crippen LogP contribution is 2.32. The van der Waals surface area contributed by atoms with Crippen LogP contribution in [0.3, 0.4) is 0 Å². The second kappa shape index (κ2) is 71.0. The van der Waals surface area contributed by atoms with E-state index in [0.717, 1.165) is 62.3 Å². The summed E-state index contributed by atoms with van der Waals surface area (Å²) in [5.74, 6) is -14.4. The zero-order chi connectivity index (χ0) is 103. The minimum Gasteiger partial charge on any atom is -0.480 e. The molecule has 0 aromatic carbocycles. The van der Waals surface area contributed by atoms with Crippen LogP contribution in [0.25, 0.3) is 0 Å². The lowest BCUT2D eigenvalue weighted by Crippen LogP contribution is -2.66. The predicted molar refractivity (Wildman–Crippen MR) is 468 cm³/mol. The van der Waals surface area contributed by atoms with Crippen molar-refractivity contribution < 1.29 is 210 Å². The molecule has 52 heteroatoms. The van der Waals surface area contributed by atoms with Crippen molar-refractivity contribution in [2.45, 2.75) is 258 Å². The Bertz CT molecular complexity index is 3830. The number of carbonyl (C=O) groups excluding carboxylic acids is 18. The molecule has 0 unspecified atom stereocenters. The lowest BCUT2D eigenvalue weighted by Gasteiger charge is -2.44. The number of carboxylic acid groups (broad SMARTS) is 1. The van der Waals surface area contributed by atoms with Gasteiger partial charge in [0.2, 0.25) is 47.3 Å². The van der Waals surface area contributed by atoms with Gasteiger partial charge in [0.05, 0.1) is 125 Å². The van der Waals surface area contributed by atoms with Gasteiger partial charge in [0.25, 0.3) is 0 Å². The molecule has 0 aromatic heterocycles. The number of aliphatic carboxylic acids is 1. The number of hydrogen-bond donors (Lipinski definition) is 9. The maximum absolute atomic E-state index is 14.6. The Kier molecular flexibility index (Phi) is 62.7. The number of carboxylic acids is 1. The summed E-state index contributed by atoms with van der Waals surface area (Å²) >= 11 is 0. The van der Waals surface area contributed by atoms with Gasteiger partial charge in [0, 0.05) is 122 Å². The second-order valence-corrected chi connectivity index (χ2v) is 31.7. The average molecular weight is 2000 g/mol. The van der Waals surface area contributed by atoms with Crippen LogP contribution in [-0.4, -0.2) is 400 Å². The number of Topliss-reactive ketones (excluding diaryl/α,β-unsaturated/α-hetero) is 1. The minimum absolute atomic E-state index is 0.000311. The zero-order valence-corrected chi connectivity index (χ0v) is 81.1. The molecule has 3 aliphatic rings. The Morgan fingerprint density at radius 3 is 0.849 bits per heavy atom. The maximum atomic E-state index is 14.6. The first-order valence-corrected chi connectivity index (χ1v) is 45.5. The Balaban J connectivity index is 1.63. The number of rotatable bonds is 73. The zero-order valence-electron chi connectivity index (χ0n) is 81.1. The van der Waals surface area contributed by atoms with Gasteiger partial charge in [-0.15, -0.1) is 0 Å². The molecule has 3 heterocycles. The molecule has 3 rings (SSSR count). The summed E-state index contributed by atoms with van der Waals surface area (Å²) in [7, 11) is 0. The summed E-state index contributed by atoms with van der Waals surface area (Å²) in [6, 6.07) is -6.23. The van der Waals surface area contributed by atoms with Crippen molar-refractivity contribution in [2.75, 3.05) is 178 Å². The predicted octanol–water partition coefficient (Wildman–Crippen LogP) is -3.34. The Morgan fingerprint density at radius 1 is 0.288 bits per heavy atom. The molecule has 9 N–H and O–H groups in total. The third-order valence-corrected chi connectivity index (χ3v) is 19.7. The average Bonchev–Trinajstić information content (AvgIpc) is 0.794. The monoisotopic (exact) mass is 2000 g/mol. The first kappa shape index (κ1) is 123. The van der Waals surface area contributed by atoms with E-state index in [4.69, 9.17) is 114 Å². The number of unbranched alkanes of at least 4 members (excludes halogenated alkanes) is 3. The first-order chi connectivity index (χ1) is 66.1. The van der Waals surface area contributed by atoms with Crippen molar-refractivity contribution in [3.05, 3.63) is 0 Å². The summed E-state index contributed by atoms with van der Waals surface area (Å²) in [6.45, 7) is 12.6. The van der Waals surface area contributed by atoms with Crippen LogP contribution in [0.2, 0.25) is 0 Å². The molecule has 0 aliphatic carbocycles. The van der Waals surface area contributed by atoms with E-state index in [2.05, 4.69) is 42.5 Å². The van der Waals surface area contributed by atoms with Crippen LogP contribution in [0.4, 0.5) is 0 Å². The molecule has 3 aliphatic heterocycles. The highest BCUT2D eigenvalue weighted by Gasteiger charge is 2.55. The van der Waals surface area contributed by atoms with E-state index >= 15 is 0 Å². The van der Waals surface area contributed by atoms with E-state index in [-0.39, 0.29) is 209 Å². The van der Waals surface area contributed by atoms with E-state index in [1.54, 1.807) is 0 Å². The molecule has 18 atom stereocenters. The van der Waals surface area contributed by atoms with Crippen molar-refractivity contribution >= 4 is 113 Å². The quantitative estimate of drug-likeness (QED) is 0.0163. The van der Waals surface area contributed by atoms with Crippen molar-refractivity contribution in [1.82, 2.24) is 42.5 Å². The van der Waals surface area contributed by atoms with Gasteiger partial charge in [0.1, 0.15) is 82.1 Å². The molecule has 3 saturated heterocycles. The van der Waals surface area contributed by atoms with Crippen LogP contribution >= 0.6 is 0 Å². The SMILES string of the molecule is CC(=O)NCCCC[C@H](NC(=O)[C@H](CCCCNC(=O)COCCOCCOCCO[C@@H]1O[C@H](COC(C)=O)[C@H](OC(C)=O)[C@H](OC(C)=O)[C@H]1NC(C)=O)CC(=O)[C@H](CCCCNC(=O)COCCOCCOCCO[C@@H]1O[C@H](COC(C)=O)[C@H](OC(C)=O)[C@H](OC(C)=O)[C@H]1NC(C)=O)NC(=O)COCCOCCOCCO[C@@H]1O[C@H](COC(C)=O)[C@H](OC(C)=O)[C@H](OC(C)=O)[C@H]1NC(C)=O)C(=O)O. The fourth-order valence-corrected chi connectivity index (χ4v) is 13.9. The van der Waals surface area contributed by atoms with E-state index in [9.17, 15) is 96.2 Å². The van der Waals surface area contributed by atoms with E-state index < -0.39 is 250 Å². The van der Waals surface area contributed by atoms with Crippen molar-refractivity contribution in [1.29, 1.82) is 0 Å². The highest BCUT2D eigenvalue weighted by molar-refractivity contribution is 5.94. The molecular formula is C87H140N8O44. The number of esters is 9. The lowest BCUT2D eigenvalue weighted by molar-refractivity contribution is -0.279. The molecule has 0 bridgehead atoms. The smallest absolute Gasteiger partial charge is 0.326 e. The molecule has 8 amide bonds. The van der Waals surface area contributed by atoms with Crippen LogP contribution < -0.4 is 42.5 Å². The van der Waals surface area contributed by atoms with Crippen LogP contribution in [0.1, 0.15) is 154 Å². The normalized spacial score (nSPS) is 21.6. The van der Waals surface area contributed by atoms with E-state index in [1.165, 1.54) is 27.7 Å². The van der Waals surface area contributed by atoms with Crippen molar-refractivity contribution in [2.24, 2.45) is 5.92 Å². The van der Waals surface area contributed by atoms with Gasteiger partial charge < -0.3 is 161 Å². The highest BCUT2D eigenvalue weighted by atomic mass is 16.7. The van der Waals surface area contributed by atoms with Gasteiger partial charge >= 0.3 is 59.7 Å². The van der Waals surface area contributed by atoms with Crippen molar-refractivity contribution in [3.63, 3.8) is 0 Å². The number of hydrogen-bond acceptors (Lipinski definition) is 43. The maximum Gasteiger partial charge on any atom is 0.326 e. The molecular weight excluding hydrogens is 1860 g/mol. The van der Waals surface area contributed by atoms with E-state index in [0.29, 0.717) is 6.42 Å². The fourth-order valence-electron chi connectivity index (χ4n) is 13.9. The van der Waals surface area contributed by atoms with Crippen LogP contribution in [0.15, 0.2) is 0 Å². The van der Waals surface area contributed by atoms with Crippen LogP contribution in [0, 0.1) is 5.92 Å². The van der Waals surface area contributed by atoms with Gasteiger partial charge in [0.15, 0.2) is 61.3 Å². The van der Waals surface area contributed by atoms with Crippen LogP contribution in [-0.2, 0) is 205 Å². The van der Waals surface area contributed by atoms with Crippen molar-refractivity contribution in [3.8, 4) is 0 Å². The Hall–Kier alpha value is -10.5. The number of ether oxygens (including phenoxy) is 24. The topological polar surface area (TPSA) is 662 Å². The third-order valence-electron chi connectivity index (χ3n) is 19.7. The van der Waals surface area contributed by atoms with E-state index in [1.807, 2.05) is 0 Å². The van der Waals surface area contributed by atoms with Gasteiger partial charge in [-0.2, -0.15) is 0 Å². The summed E-state index contributed by atoms with van der Waals surface area (Å²) < 4.78 is 134. The Morgan fingerprint density at radius 2 is 0.561 bits per heavy atom. The number of ketones is 1. The molecule has 0 spiro atoms. The molecule has 3 fully saturated rings. The summed E-state index contributed by atoms with van der Waals surface area (Å²) in [6.07, 6.45) is -14.3. The minimum atomic E-state index is -1.41. The molecule has 139 heavy (non-hydrogen) atoms. The molecule has 792 valence electrons. The Labute approximate surface area is 804 Å². The largest absolute Gasteiger partial charge is 0.480 e. The summed E-state index contributed by atoms with van der Waals surface area (Å²) in [5.41, 5.74) is 0. The van der Waals surface area contributed by atoms with Crippen LogP contribution in [0.5, 0.6) is 0 Å². The summed E-state index contributed by atoms with van der Waals surface area (Å²) in [4.78, 5) is 237. The number of amides is 8. The first-order valence-electron chi connectivity index (χ1n) is 45.5. The third kappa shape index (κ3) is 55.4. The number of carbonyl (C=O) groups is 19. The van der Waals surface area contributed by atoms with Gasteiger partial charge in [-0.25, -0.2) is 4.79 Å². The molecule has 52 nitrogen and oxygen atoms in total. The van der Waals surface area contributed by atoms with Gasteiger partial charge in [-0.05, 0) is 51.4 Å². The summed E-state index contributed by atoms with van der Waals surface area (Å²) in [5, 5.41) is 31.4. The van der Waals surface area contributed by atoms with Gasteiger partial charge in [-0.1, -0.05) is 6.42 Å². The molecule has 0 aromatic rings. The second-order valence-electron chi connectivity index (χ2n) is 31.7. The number of nitrogens with one attached hydrogen (secondary N) is 8. The lowest BCUT2D eigenvalue weighted by atomic mass is 9.90. The van der Waals surface area contributed by atoms with Gasteiger partial charge in [-0.3, -0.25) is 86.3 Å².